The van der Waals surface area contributed by atoms with E-state index in [1.165, 1.54) is 12.1 Å². The van der Waals surface area contributed by atoms with Gasteiger partial charge in [-0.3, -0.25) is 0 Å². The number of rotatable bonds is 3. The van der Waals surface area contributed by atoms with Crippen LogP contribution in [-0.2, 0) is 6.42 Å². The van der Waals surface area contributed by atoms with Crippen LogP contribution in [0.25, 0.3) is 0 Å². The van der Waals surface area contributed by atoms with E-state index < -0.39 is 12.2 Å². The molecule has 0 aliphatic heterocycles. The Morgan fingerprint density at radius 1 is 1.09 bits per heavy atom. The molecule has 1 aliphatic rings. The van der Waals surface area contributed by atoms with Gasteiger partial charge in [0, 0.05) is 5.92 Å². The highest BCUT2D eigenvalue weighted by Crippen LogP contribution is 2.41. The molecular weight excluding hydrogens is 283 g/mol. The van der Waals surface area contributed by atoms with Crippen LogP contribution < -0.4 is 0 Å². The van der Waals surface area contributed by atoms with E-state index >= 15 is 0 Å². The molecule has 0 bridgehead atoms. The fourth-order valence-electron chi connectivity index (χ4n) is 3.27. The lowest BCUT2D eigenvalue weighted by molar-refractivity contribution is 0.0560. The SMILES string of the molecule is OCC(O)C[C@@H]1c2ccccc2Cc2ccc(F)cc2[C@@H]1O. The fourth-order valence-corrected chi connectivity index (χ4v) is 3.27. The maximum absolute atomic E-state index is 13.6. The van der Waals surface area contributed by atoms with Crippen molar-refractivity contribution in [3.05, 3.63) is 70.5 Å². The quantitative estimate of drug-likeness (QED) is 0.815. The first-order valence-electron chi connectivity index (χ1n) is 7.43. The van der Waals surface area contributed by atoms with Crippen LogP contribution >= 0.6 is 0 Å². The standard InChI is InChI=1S/C18H19FO3/c19-13-6-5-12-7-11-3-1-2-4-15(11)17(9-14(21)10-20)18(22)16(12)8-13/h1-6,8,14,17-18,20-22H,7,9-10H2/t14?,17-,18+/m1/s1. The maximum Gasteiger partial charge on any atom is 0.123 e. The molecule has 0 amide bonds. The van der Waals surface area contributed by atoms with Crippen LogP contribution in [0, 0.1) is 5.82 Å². The Bertz CT molecular complexity index is 671. The number of halogens is 1. The Labute approximate surface area is 128 Å². The summed E-state index contributed by atoms with van der Waals surface area (Å²) >= 11 is 0. The second-order valence-corrected chi connectivity index (χ2v) is 5.84. The first kappa shape index (κ1) is 15.2. The van der Waals surface area contributed by atoms with Gasteiger partial charge in [0.1, 0.15) is 5.82 Å². The molecule has 0 heterocycles. The molecule has 2 aromatic carbocycles. The van der Waals surface area contributed by atoms with Gasteiger partial charge in [-0.2, -0.15) is 0 Å². The fraction of sp³-hybridized carbons (Fsp3) is 0.333. The Morgan fingerprint density at radius 2 is 1.82 bits per heavy atom. The van der Waals surface area contributed by atoms with Crippen molar-refractivity contribution in [2.24, 2.45) is 0 Å². The summed E-state index contributed by atoms with van der Waals surface area (Å²) in [5.74, 6) is -0.758. The highest BCUT2D eigenvalue weighted by molar-refractivity contribution is 5.44. The summed E-state index contributed by atoms with van der Waals surface area (Å²) in [5, 5.41) is 29.7. The lowest BCUT2D eigenvalue weighted by Gasteiger charge is -2.25. The van der Waals surface area contributed by atoms with E-state index in [-0.39, 0.29) is 24.8 Å². The van der Waals surface area contributed by atoms with E-state index in [0.29, 0.717) is 12.0 Å². The van der Waals surface area contributed by atoms with E-state index in [2.05, 4.69) is 0 Å². The average Bonchev–Trinajstić information content (AvgIpc) is 2.64. The molecule has 22 heavy (non-hydrogen) atoms. The average molecular weight is 302 g/mol. The van der Waals surface area contributed by atoms with Crippen molar-refractivity contribution in [1.82, 2.24) is 0 Å². The third-order valence-electron chi connectivity index (χ3n) is 4.38. The zero-order valence-corrected chi connectivity index (χ0v) is 12.1. The van der Waals surface area contributed by atoms with Gasteiger partial charge in [-0.05, 0) is 47.2 Å². The van der Waals surface area contributed by atoms with Crippen molar-refractivity contribution in [3.8, 4) is 0 Å². The second-order valence-electron chi connectivity index (χ2n) is 5.84. The first-order chi connectivity index (χ1) is 10.6. The van der Waals surface area contributed by atoms with Crippen LogP contribution in [0.4, 0.5) is 4.39 Å². The number of hydrogen-bond donors (Lipinski definition) is 3. The molecule has 1 unspecified atom stereocenters. The van der Waals surface area contributed by atoms with E-state index in [1.54, 1.807) is 6.07 Å². The lowest BCUT2D eigenvalue weighted by atomic mass is 9.85. The van der Waals surface area contributed by atoms with Crippen molar-refractivity contribution in [2.75, 3.05) is 6.61 Å². The molecule has 0 radical (unpaired) electrons. The molecule has 3 nitrogen and oxygen atoms in total. The number of fused-ring (bicyclic) bond motifs is 2. The van der Waals surface area contributed by atoms with Crippen molar-refractivity contribution < 1.29 is 19.7 Å². The molecule has 0 spiro atoms. The van der Waals surface area contributed by atoms with Crippen LogP contribution in [-0.4, -0.2) is 28.0 Å². The number of aliphatic hydroxyl groups is 3. The van der Waals surface area contributed by atoms with Crippen LogP contribution in [0.3, 0.4) is 0 Å². The third-order valence-corrected chi connectivity index (χ3v) is 4.38. The molecule has 3 rings (SSSR count). The highest BCUT2D eigenvalue weighted by atomic mass is 19.1. The monoisotopic (exact) mass is 302 g/mol. The van der Waals surface area contributed by atoms with Gasteiger partial charge in [0.05, 0.1) is 18.8 Å². The zero-order chi connectivity index (χ0) is 15.7. The van der Waals surface area contributed by atoms with Crippen molar-refractivity contribution in [1.29, 1.82) is 0 Å². The molecular formula is C18H19FO3. The lowest BCUT2D eigenvalue weighted by Crippen LogP contribution is -2.21. The summed E-state index contributed by atoms with van der Waals surface area (Å²) in [4.78, 5) is 0. The molecule has 0 saturated heterocycles. The maximum atomic E-state index is 13.6. The minimum absolute atomic E-state index is 0.227. The van der Waals surface area contributed by atoms with Crippen LogP contribution in [0.2, 0.25) is 0 Å². The Kier molecular flexibility index (Phi) is 4.25. The van der Waals surface area contributed by atoms with Gasteiger partial charge >= 0.3 is 0 Å². The van der Waals surface area contributed by atoms with Gasteiger partial charge in [0.15, 0.2) is 0 Å². The molecule has 0 saturated carbocycles. The van der Waals surface area contributed by atoms with Crippen LogP contribution in [0.1, 0.15) is 40.7 Å². The molecule has 4 heteroatoms. The minimum atomic E-state index is -0.914. The molecule has 116 valence electrons. The molecule has 2 aromatic rings. The highest BCUT2D eigenvalue weighted by Gasteiger charge is 2.31. The Hall–Kier alpha value is -1.75. The van der Waals surface area contributed by atoms with Crippen LogP contribution in [0.15, 0.2) is 42.5 Å². The van der Waals surface area contributed by atoms with E-state index in [9.17, 15) is 14.6 Å². The van der Waals surface area contributed by atoms with Gasteiger partial charge < -0.3 is 15.3 Å². The Balaban J connectivity index is 2.11. The van der Waals surface area contributed by atoms with Gasteiger partial charge in [0.25, 0.3) is 0 Å². The van der Waals surface area contributed by atoms with Gasteiger partial charge in [0.2, 0.25) is 0 Å². The zero-order valence-electron chi connectivity index (χ0n) is 12.1. The van der Waals surface area contributed by atoms with Gasteiger partial charge in [-0.15, -0.1) is 0 Å². The summed E-state index contributed by atoms with van der Waals surface area (Å²) in [7, 11) is 0. The van der Waals surface area contributed by atoms with Gasteiger partial charge in [-0.1, -0.05) is 30.3 Å². The van der Waals surface area contributed by atoms with Crippen molar-refractivity contribution in [3.63, 3.8) is 0 Å². The minimum Gasteiger partial charge on any atom is -0.394 e. The van der Waals surface area contributed by atoms with E-state index in [1.807, 2.05) is 24.3 Å². The van der Waals surface area contributed by atoms with E-state index in [0.717, 1.165) is 16.7 Å². The number of aliphatic hydroxyl groups excluding tert-OH is 3. The van der Waals surface area contributed by atoms with Crippen LogP contribution in [0.5, 0.6) is 0 Å². The number of benzene rings is 2. The topological polar surface area (TPSA) is 60.7 Å². The second kappa shape index (κ2) is 6.16. The summed E-state index contributed by atoms with van der Waals surface area (Å²) in [6.07, 6.45) is -0.975. The predicted octanol–water partition coefficient (Wildman–Crippen LogP) is 2.29. The van der Waals surface area contributed by atoms with E-state index in [4.69, 9.17) is 5.11 Å². The smallest absolute Gasteiger partial charge is 0.123 e. The molecule has 1 aliphatic carbocycles. The third kappa shape index (κ3) is 2.77. The summed E-state index contributed by atoms with van der Waals surface area (Å²) in [5.41, 5.74) is 3.45. The first-order valence-corrected chi connectivity index (χ1v) is 7.43. The van der Waals surface area contributed by atoms with Crippen molar-refractivity contribution in [2.45, 2.75) is 31.0 Å². The summed E-state index contributed by atoms with van der Waals surface area (Å²) < 4.78 is 13.6. The largest absolute Gasteiger partial charge is 0.394 e. The predicted molar refractivity (Wildman–Crippen MR) is 81.1 cm³/mol. The Morgan fingerprint density at radius 3 is 2.59 bits per heavy atom. The molecule has 0 fully saturated rings. The molecule has 3 atom stereocenters. The molecule has 3 N–H and O–H groups in total. The number of hydrogen-bond acceptors (Lipinski definition) is 3. The molecule has 0 aromatic heterocycles. The van der Waals surface area contributed by atoms with Gasteiger partial charge in [-0.25, -0.2) is 4.39 Å². The van der Waals surface area contributed by atoms with Crippen molar-refractivity contribution >= 4 is 0 Å². The normalized spacial score (nSPS) is 21.6. The summed E-state index contributed by atoms with van der Waals surface area (Å²) in [6.45, 7) is -0.360. The summed E-state index contributed by atoms with van der Waals surface area (Å²) in [6, 6.07) is 12.2.